The molecule has 148 valence electrons. The van der Waals surface area contributed by atoms with Gasteiger partial charge in [0, 0.05) is 29.2 Å². The third-order valence-corrected chi connectivity index (χ3v) is 4.45. The molecule has 0 aliphatic heterocycles. The van der Waals surface area contributed by atoms with Gasteiger partial charge >= 0.3 is 5.97 Å². The number of anilines is 3. The standard InChI is InChI=1S/C27H23NO2/c1-4-11-21(5-2)22-16-18-24(19-17-22)28(23-12-8-7-9-13-23)25-14-10-15-26(20-25)30-27(29)6-3/h4-20H,1-3H2/b21-11+. The minimum absolute atomic E-state index is 0.456. The van der Waals surface area contributed by atoms with Crippen LogP contribution in [0.5, 0.6) is 5.75 Å². The SMILES string of the molecule is C=C/C=C(\C=C)c1ccc(N(c2ccccc2)c2cccc(OC(=O)C=C)c2)cc1. The van der Waals surface area contributed by atoms with E-state index in [2.05, 4.69) is 24.6 Å². The zero-order valence-corrected chi connectivity index (χ0v) is 16.7. The molecule has 3 rings (SSSR count). The molecule has 0 saturated carbocycles. The highest BCUT2D eigenvalue weighted by Gasteiger charge is 2.13. The molecule has 0 radical (unpaired) electrons. The van der Waals surface area contributed by atoms with E-state index >= 15 is 0 Å². The van der Waals surface area contributed by atoms with Crippen LogP contribution in [0.1, 0.15) is 5.56 Å². The topological polar surface area (TPSA) is 29.5 Å². The highest BCUT2D eigenvalue weighted by molar-refractivity contribution is 5.84. The van der Waals surface area contributed by atoms with Gasteiger partial charge in [0.15, 0.2) is 0 Å². The smallest absolute Gasteiger partial charge is 0.335 e. The van der Waals surface area contributed by atoms with E-state index in [1.807, 2.05) is 84.9 Å². The lowest BCUT2D eigenvalue weighted by molar-refractivity contribution is -0.128. The lowest BCUT2D eigenvalue weighted by atomic mass is 10.0. The maximum absolute atomic E-state index is 11.6. The highest BCUT2D eigenvalue weighted by atomic mass is 16.5. The van der Waals surface area contributed by atoms with E-state index < -0.39 is 5.97 Å². The number of carbonyl (C=O) groups excluding carboxylic acids is 1. The van der Waals surface area contributed by atoms with Gasteiger partial charge in [-0.05, 0) is 47.5 Å². The number of allylic oxidation sites excluding steroid dienone is 4. The summed E-state index contributed by atoms with van der Waals surface area (Å²) in [5.41, 5.74) is 4.88. The van der Waals surface area contributed by atoms with Crippen LogP contribution in [-0.4, -0.2) is 5.97 Å². The van der Waals surface area contributed by atoms with Gasteiger partial charge in [-0.15, -0.1) is 0 Å². The molecule has 3 nitrogen and oxygen atoms in total. The van der Waals surface area contributed by atoms with Gasteiger partial charge in [-0.1, -0.05) is 74.4 Å². The summed E-state index contributed by atoms with van der Waals surface area (Å²) in [5, 5.41) is 0. The molecule has 0 fully saturated rings. The average molecular weight is 393 g/mol. The molecule has 0 atom stereocenters. The van der Waals surface area contributed by atoms with Crippen molar-refractivity contribution in [3.8, 4) is 5.75 Å². The molecule has 0 saturated heterocycles. The van der Waals surface area contributed by atoms with Crippen LogP contribution >= 0.6 is 0 Å². The van der Waals surface area contributed by atoms with Gasteiger partial charge in [0.25, 0.3) is 0 Å². The first kappa shape index (κ1) is 20.6. The Bertz CT molecular complexity index is 1080. The van der Waals surface area contributed by atoms with Crippen LogP contribution in [0, 0.1) is 0 Å². The van der Waals surface area contributed by atoms with Crippen molar-refractivity contribution in [3.05, 3.63) is 128 Å². The fraction of sp³-hybridized carbons (Fsp3) is 0. The van der Waals surface area contributed by atoms with Crippen molar-refractivity contribution in [2.75, 3.05) is 4.90 Å². The molecule has 0 N–H and O–H groups in total. The minimum atomic E-state index is -0.492. The molecule has 0 heterocycles. The summed E-state index contributed by atoms with van der Waals surface area (Å²) in [6.07, 6.45) is 6.63. The van der Waals surface area contributed by atoms with E-state index in [1.54, 1.807) is 12.1 Å². The zero-order valence-electron chi connectivity index (χ0n) is 16.7. The summed E-state index contributed by atoms with van der Waals surface area (Å²) in [5.74, 6) is -0.0356. The predicted molar refractivity (Wildman–Crippen MR) is 125 cm³/mol. The monoisotopic (exact) mass is 393 g/mol. The molecule has 0 spiro atoms. The van der Waals surface area contributed by atoms with Crippen LogP contribution in [0.25, 0.3) is 5.57 Å². The summed E-state index contributed by atoms with van der Waals surface area (Å²) in [6, 6.07) is 25.6. The van der Waals surface area contributed by atoms with Crippen LogP contribution < -0.4 is 9.64 Å². The molecule has 0 aliphatic rings. The minimum Gasteiger partial charge on any atom is -0.423 e. The molecule has 0 unspecified atom stereocenters. The van der Waals surface area contributed by atoms with E-state index in [0.29, 0.717) is 5.75 Å². The molecule has 3 aromatic carbocycles. The second-order valence-electron chi connectivity index (χ2n) is 6.40. The second-order valence-corrected chi connectivity index (χ2v) is 6.40. The lowest BCUT2D eigenvalue weighted by Crippen LogP contribution is -2.10. The lowest BCUT2D eigenvalue weighted by Gasteiger charge is -2.26. The number of ether oxygens (including phenoxy) is 1. The van der Waals surface area contributed by atoms with Crippen LogP contribution in [0.4, 0.5) is 17.1 Å². The molecule has 0 aliphatic carbocycles. The van der Waals surface area contributed by atoms with Crippen molar-refractivity contribution >= 4 is 28.6 Å². The average Bonchev–Trinajstić information content (AvgIpc) is 2.79. The van der Waals surface area contributed by atoms with Crippen LogP contribution in [0.15, 0.2) is 123 Å². The molecule has 30 heavy (non-hydrogen) atoms. The molecule has 3 aromatic rings. The number of rotatable bonds is 8. The first-order chi connectivity index (χ1) is 14.7. The van der Waals surface area contributed by atoms with Crippen molar-refractivity contribution in [1.82, 2.24) is 0 Å². The molecule has 0 aromatic heterocycles. The Hall–Kier alpha value is -4.11. The Kier molecular flexibility index (Phi) is 6.80. The highest BCUT2D eigenvalue weighted by Crippen LogP contribution is 2.36. The maximum atomic E-state index is 11.6. The maximum Gasteiger partial charge on any atom is 0.335 e. The summed E-state index contributed by atoms with van der Waals surface area (Å²) in [7, 11) is 0. The van der Waals surface area contributed by atoms with Crippen molar-refractivity contribution < 1.29 is 9.53 Å². The summed E-state index contributed by atoms with van der Waals surface area (Å²) >= 11 is 0. The van der Waals surface area contributed by atoms with Crippen LogP contribution in [-0.2, 0) is 4.79 Å². The summed E-state index contributed by atoms with van der Waals surface area (Å²) in [4.78, 5) is 13.7. The van der Waals surface area contributed by atoms with E-state index in [-0.39, 0.29) is 0 Å². The number of nitrogens with zero attached hydrogens (tertiary/aromatic N) is 1. The first-order valence-electron chi connectivity index (χ1n) is 9.51. The van der Waals surface area contributed by atoms with Crippen molar-refractivity contribution in [1.29, 1.82) is 0 Å². The van der Waals surface area contributed by atoms with Crippen LogP contribution in [0.3, 0.4) is 0 Å². The number of hydrogen-bond donors (Lipinski definition) is 0. The molecule has 0 amide bonds. The van der Waals surface area contributed by atoms with Gasteiger partial charge in [-0.2, -0.15) is 0 Å². The molecular formula is C27H23NO2. The van der Waals surface area contributed by atoms with E-state index in [0.717, 1.165) is 34.3 Å². The van der Waals surface area contributed by atoms with Gasteiger partial charge < -0.3 is 9.64 Å². The Labute approximate surface area is 177 Å². The second kappa shape index (κ2) is 9.89. The van der Waals surface area contributed by atoms with Crippen molar-refractivity contribution in [2.45, 2.75) is 0 Å². The summed E-state index contributed by atoms with van der Waals surface area (Å²) in [6.45, 7) is 11.1. The van der Waals surface area contributed by atoms with E-state index in [4.69, 9.17) is 4.74 Å². The number of benzene rings is 3. The number of hydrogen-bond acceptors (Lipinski definition) is 3. The van der Waals surface area contributed by atoms with Gasteiger partial charge in [0.05, 0.1) is 0 Å². The number of carbonyl (C=O) groups is 1. The largest absolute Gasteiger partial charge is 0.423 e. The molecule has 0 bridgehead atoms. The fourth-order valence-electron chi connectivity index (χ4n) is 3.08. The van der Waals surface area contributed by atoms with E-state index in [1.165, 1.54) is 0 Å². The third-order valence-electron chi connectivity index (χ3n) is 4.45. The number of para-hydroxylation sites is 1. The van der Waals surface area contributed by atoms with Crippen molar-refractivity contribution in [3.63, 3.8) is 0 Å². The predicted octanol–water partition coefficient (Wildman–Crippen LogP) is 7.00. The van der Waals surface area contributed by atoms with Gasteiger partial charge in [0.1, 0.15) is 5.75 Å². The van der Waals surface area contributed by atoms with Gasteiger partial charge in [-0.3, -0.25) is 0 Å². The fourth-order valence-corrected chi connectivity index (χ4v) is 3.08. The van der Waals surface area contributed by atoms with Gasteiger partial charge in [0.2, 0.25) is 0 Å². The quantitative estimate of drug-likeness (QED) is 0.178. The number of esters is 1. The Morgan fingerprint density at radius 3 is 2.07 bits per heavy atom. The summed E-state index contributed by atoms with van der Waals surface area (Å²) < 4.78 is 5.31. The van der Waals surface area contributed by atoms with Gasteiger partial charge in [-0.25, -0.2) is 4.79 Å². The first-order valence-corrected chi connectivity index (χ1v) is 9.51. The molecule has 3 heteroatoms. The normalized spacial score (nSPS) is 10.7. The van der Waals surface area contributed by atoms with Crippen LogP contribution in [0.2, 0.25) is 0 Å². The Morgan fingerprint density at radius 2 is 1.43 bits per heavy atom. The van der Waals surface area contributed by atoms with E-state index in [9.17, 15) is 4.79 Å². The Balaban J connectivity index is 2.05. The van der Waals surface area contributed by atoms with Crippen molar-refractivity contribution in [2.24, 2.45) is 0 Å². The Morgan fingerprint density at radius 1 is 0.767 bits per heavy atom. The zero-order chi connectivity index (χ0) is 21.3. The third kappa shape index (κ3) is 4.83. The molecular weight excluding hydrogens is 370 g/mol.